The van der Waals surface area contributed by atoms with Crippen LogP contribution in [0.15, 0.2) is 24.3 Å². The molecular weight excluding hydrogens is 224 g/mol. The summed E-state index contributed by atoms with van der Waals surface area (Å²) in [6, 6.07) is 11.2. The summed E-state index contributed by atoms with van der Waals surface area (Å²) in [5, 5.41) is 12.5. The number of benzene rings is 1. The van der Waals surface area contributed by atoms with Crippen molar-refractivity contribution in [3.8, 4) is 6.07 Å². The van der Waals surface area contributed by atoms with Crippen molar-refractivity contribution in [1.82, 2.24) is 5.32 Å². The molecule has 0 saturated heterocycles. The normalized spacial score (nSPS) is 22.9. The van der Waals surface area contributed by atoms with E-state index in [1.807, 2.05) is 0 Å². The van der Waals surface area contributed by atoms with Crippen LogP contribution in [0.5, 0.6) is 0 Å². The van der Waals surface area contributed by atoms with Gasteiger partial charge in [-0.05, 0) is 24.0 Å². The molecule has 1 aromatic rings. The first-order chi connectivity index (χ1) is 8.83. The molecule has 0 aliphatic heterocycles. The molecule has 1 N–H and O–H groups in total. The minimum atomic E-state index is 0.192. The number of methoxy groups -OCH3 is 1. The Morgan fingerprint density at radius 3 is 2.67 bits per heavy atom. The zero-order valence-electron chi connectivity index (χ0n) is 10.9. The van der Waals surface area contributed by atoms with Gasteiger partial charge in [-0.3, -0.25) is 0 Å². The number of nitrogens with zero attached hydrogens (tertiary/aromatic N) is 1. The molecular formula is C15H20N2O. The summed E-state index contributed by atoms with van der Waals surface area (Å²) in [7, 11) is 1.71. The Bertz CT molecular complexity index is 407. The van der Waals surface area contributed by atoms with Crippen LogP contribution in [0, 0.1) is 17.2 Å². The highest BCUT2D eigenvalue weighted by molar-refractivity contribution is 5.22. The van der Waals surface area contributed by atoms with E-state index in [-0.39, 0.29) is 5.92 Å². The van der Waals surface area contributed by atoms with Crippen LogP contribution in [0.25, 0.3) is 0 Å². The maximum atomic E-state index is 9.03. The van der Waals surface area contributed by atoms with Gasteiger partial charge in [0.15, 0.2) is 0 Å². The maximum Gasteiger partial charge on any atom is 0.0713 e. The van der Waals surface area contributed by atoms with Crippen molar-refractivity contribution in [3.05, 3.63) is 35.4 Å². The average Bonchev–Trinajstić information content (AvgIpc) is 2.86. The topological polar surface area (TPSA) is 45.0 Å². The van der Waals surface area contributed by atoms with Crippen molar-refractivity contribution in [3.63, 3.8) is 0 Å². The second-order valence-corrected chi connectivity index (χ2v) is 4.90. The standard InChI is InChI=1S/C15H20N2O/c1-18-11-13-7-5-12(6-8-13)10-17-15-4-2-3-14(15)9-16/h5-8,14-15,17H,2-4,10-11H2,1H3. The van der Waals surface area contributed by atoms with E-state index in [1.54, 1.807) is 7.11 Å². The van der Waals surface area contributed by atoms with E-state index < -0.39 is 0 Å². The summed E-state index contributed by atoms with van der Waals surface area (Å²) in [5.41, 5.74) is 2.45. The summed E-state index contributed by atoms with van der Waals surface area (Å²) < 4.78 is 5.09. The molecule has 2 rings (SSSR count). The zero-order chi connectivity index (χ0) is 12.8. The molecule has 1 aliphatic carbocycles. The Hall–Kier alpha value is -1.37. The van der Waals surface area contributed by atoms with Crippen molar-refractivity contribution in [2.45, 2.75) is 38.5 Å². The van der Waals surface area contributed by atoms with Gasteiger partial charge < -0.3 is 10.1 Å². The molecule has 1 aliphatic rings. The molecule has 1 saturated carbocycles. The van der Waals surface area contributed by atoms with Crippen LogP contribution >= 0.6 is 0 Å². The van der Waals surface area contributed by atoms with Gasteiger partial charge in [-0.25, -0.2) is 0 Å². The minimum Gasteiger partial charge on any atom is -0.380 e. The van der Waals surface area contributed by atoms with E-state index in [0.29, 0.717) is 12.6 Å². The van der Waals surface area contributed by atoms with Crippen LogP contribution in [0.4, 0.5) is 0 Å². The Balaban J connectivity index is 1.84. The zero-order valence-corrected chi connectivity index (χ0v) is 10.9. The molecule has 0 heterocycles. The van der Waals surface area contributed by atoms with Gasteiger partial charge in [0, 0.05) is 19.7 Å². The van der Waals surface area contributed by atoms with E-state index in [2.05, 4.69) is 35.7 Å². The monoisotopic (exact) mass is 244 g/mol. The summed E-state index contributed by atoms with van der Waals surface area (Å²) in [5.74, 6) is 0.192. The molecule has 0 aromatic heterocycles. The molecule has 0 spiro atoms. The SMILES string of the molecule is COCc1ccc(CNC2CCCC2C#N)cc1. The summed E-state index contributed by atoms with van der Waals surface area (Å²) in [6.07, 6.45) is 3.34. The van der Waals surface area contributed by atoms with Gasteiger partial charge in [-0.15, -0.1) is 0 Å². The number of nitriles is 1. The van der Waals surface area contributed by atoms with Gasteiger partial charge in [0.1, 0.15) is 0 Å². The maximum absolute atomic E-state index is 9.03. The molecule has 0 radical (unpaired) electrons. The predicted octanol–water partition coefficient (Wildman–Crippen LogP) is 2.61. The predicted molar refractivity (Wildman–Crippen MR) is 70.7 cm³/mol. The van der Waals surface area contributed by atoms with Crippen molar-refractivity contribution >= 4 is 0 Å². The number of hydrogen-bond acceptors (Lipinski definition) is 3. The second kappa shape index (κ2) is 6.53. The Labute approximate surface area is 109 Å². The molecule has 1 aromatic carbocycles. The largest absolute Gasteiger partial charge is 0.380 e. The average molecular weight is 244 g/mol. The van der Waals surface area contributed by atoms with E-state index in [4.69, 9.17) is 10.00 Å². The highest BCUT2D eigenvalue weighted by Gasteiger charge is 2.26. The van der Waals surface area contributed by atoms with E-state index >= 15 is 0 Å². The van der Waals surface area contributed by atoms with Crippen LogP contribution < -0.4 is 5.32 Å². The third kappa shape index (κ3) is 3.32. The summed E-state index contributed by atoms with van der Waals surface area (Å²) in [6.45, 7) is 1.50. The highest BCUT2D eigenvalue weighted by atomic mass is 16.5. The Morgan fingerprint density at radius 1 is 1.28 bits per heavy atom. The molecule has 3 heteroatoms. The Kier molecular flexibility index (Phi) is 4.74. The van der Waals surface area contributed by atoms with Gasteiger partial charge >= 0.3 is 0 Å². The van der Waals surface area contributed by atoms with Crippen LogP contribution in [0.3, 0.4) is 0 Å². The molecule has 1 fully saturated rings. The van der Waals surface area contributed by atoms with Crippen molar-refractivity contribution in [2.24, 2.45) is 5.92 Å². The Morgan fingerprint density at radius 2 is 2.00 bits per heavy atom. The van der Waals surface area contributed by atoms with Crippen LogP contribution in [-0.4, -0.2) is 13.2 Å². The van der Waals surface area contributed by atoms with E-state index in [1.165, 1.54) is 17.5 Å². The smallest absolute Gasteiger partial charge is 0.0713 e. The van der Waals surface area contributed by atoms with Crippen LogP contribution in [-0.2, 0) is 17.9 Å². The van der Waals surface area contributed by atoms with Crippen molar-refractivity contribution in [2.75, 3.05) is 7.11 Å². The lowest BCUT2D eigenvalue weighted by molar-refractivity contribution is 0.185. The molecule has 2 unspecified atom stereocenters. The molecule has 3 nitrogen and oxygen atoms in total. The first-order valence-corrected chi connectivity index (χ1v) is 6.53. The van der Waals surface area contributed by atoms with Crippen LogP contribution in [0.2, 0.25) is 0 Å². The quantitative estimate of drug-likeness (QED) is 0.866. The van der Waals surface area contributed by atoms with Gasteiger partial charge in [0.25, 0.3) is 0 Å². The molecule has 0 bridgehead atoms. The number of ether oxygens (including phenoxy) is 1. The third-order valence-corrected chi connectivity index (χ3v) is 3.58. The summed E-state index contributed by atoms with van der Waals surface area (Å²) >= 11 is 0. The lowest BCUT2D eigenvalue weighted by Gasteiger charge is -2.15. The van der Waals surface area contributed by atoms with Gasteiger partial charge in [-0.1, -0.05) is 30.7 Å². The van der Waals surface area contributed by atoms with Crippen LogP contribution in [0.1, 0.15) is 30.4 Å². The second-order valence-electron chi connectivity index (χ2n) is 4.90. The third-order valence-electron chi connectivity index (χ3n) is 3.58. The molecule has 0 amide bonds. The van der Waals surface area contributed by atoms with Crippen molar-refractivity contribution in [1.29, 1.82) is 5.26 Å². The lowest BCUT2D eigenvalue weighted by atomic mass is 10.1. The summed E-state index contributed by atoms with van der Waals surface area (Å²) in [4.78, 5) is 0. The highest BCUT2D eigenvalue weighted by Crippen LogP contribution is 2.25. The molecule has 96 valence electrons. The number of rotatable bonds is 5. The van der Waals surface area contributed by atoms with E-state index in [0.717, 1.165) is 19.4 Å². The first-order valence-electron chi connectivity index (χ1n) is 6.53. The fourth-order valence-corrected chi connectivity index (χ4v) is 2.53. The van der Waals surface area contributed by atoms with Gasteiger partial charge in [0.05, 0.1) is 18.6 Å². The fraction of sp³-hybridized carbons (Fsp3) is 0.533. The molecule has 2 atom stereocenters. The van der Waals surface area contributed by atoms with Gasteiger partial charge in [-0.2, -0.15) is 5.26 Å². The number of hydrogen-bond donors (Lipinski definition) is 1. The molecule has 18 heavy (non-hydrogen) atoms. The minimum absolute atomic E-state index is 0.192. The fourth-order valence-electron chi connectivity index (χ4n) is 2.53. The van der Waals surface area contributed by atoms with E-state index in [9.17, 15) is 0 Å². The first kappa shape index (κ1) is 13.1. The van der Waals surface area contributed by atoms with Gasteiger partial charge in [0.2, 0.25) is 0 Å². The lowest BCUT2D eigenvalue weighted by Crippen LogP contribution is -2.31. The number of nitrogens with one attached hydrogen (secondary N) is 1. The van der Waals surface area contributed by atoms with Crippen molar-refractivity contribution < 1.29 is 4.74 Å².